The maximum absolute atomic E-state index is 9.59. The minimum absolute atomic E-state index is 0.227. The predicted octanol–water partition coefficient (Wildman–Crippen LogP) is 0.971. The van der Waals surface area contributed by atoms with E-state index in [1.54, 1.807) is 6.92 Å². The third-order valence-electron chi connectivity index (χ3n) is 3.16. The Morgan fingerprint density at radius 3 is 3.06 bits per heavy atom. The fourth-order valence-corrected chi connectivity index (χ4v) is 2.23. The van der Waals surface area contributed by atoms with E-state index in [4.69, 9.17) is 4.52 Å². The molecule has 2 atom stereocenters. The summed E-state index contributed by atoms with van der Waals surface area (Å²) in [6.45, 7) is 6.36. The maximum atomic E-state index is 9.59. The number of aromatic nitrogens is 2. The molecule has 2 unspecified atom stereocenters. The molecular formula is C11H19N3O2. The Morgan fingerprint density at radius 2 is 2.44 bits per heavy atom. The highest BCUT2D eigenvalue weighted by Crippen LogP contribution is 2.20. The van der Waals surface area contributed by atoms with Gasteiger partial charge >= 0.3 is 0 Å². The van der Waals surface area contributed by atoms with E-state index in [0.29, 0.717) is 11.8 Å². The molecular weight excluding hydrogens is 206 g/mol. The Labute approximate surface area is 95.4 Å². The van der Waals surface area contributed by atoms with Crippen LogP contribution in [0.15, 0.2) is 4.52 Å². The van der Waals surface area contributed by atoms with Gasteiger partial charge in [-0.05, 0) is 32.2 Å². The predicted molar refractivity (Wildman–Crippen MR) is 58.7 cm³/mol. The van der Waals surface area contributed by atoms with Crippen molar-refractivity contribution in [1.82, 2.24) is 15.0 Å². The van der Waals surface area contributed by atoms with Crippen molar-refractivity contribution >= 4 is 0 Å². The lowest BCUT2D eigenvalue weighted by molar-refractivity contribution is 0.0586. The van der Waals surface area contributed by atoms with E-state index in [0.717, 1.165) is 38.3 Å². The number of aliphatic hydroxyl groups excluding tert-OH is 1. The number of aryl methyl sites for hydroxylation is 1. The minimum atomic E-state index is -0.227. The molecule has 90 valence electrons. The molecule has 1 aromatic heterocycles. The van der Waals surface area contributed by atoms with Crippen molar-refractivity contribution < 1.29 is 9.63 Å². The van der Waals surface area contributed by atoms with Gasteiger partial charge < -0.3 is 9.63 Å². The fraction of sp³-hybridized carbons (Fsp3) is 0.818. The number of likely N-dealkylation sites (tertiary alicyclic amines) is 1. The highest BCUT2D eigenvalue weighted by atomic mass is 16.5. The van der Waals surface area contributed by atoms with Gasteiger partial charge in [0.05, 0.1) is 12.6 Å². The van der Waals surface area contributed by atoms with Gasteiger partial charge in [-0.15, -0.1) is 0 Å². The zero-order chi connectivity index (χ0) is 11.5. The van der Waals surface area contributed by atoms with E-state index in [9.17, 15) is 5.11 Å². The summed E-state index contributed by atoms with van der Waals surface area (Å²) in [7, 11) is 0. The van der Waals surface area contributed by atoms with Crippen LogP contribution in [0.3, 0.4) is 0 Å². The second-order valence-electron chi connectivity index (χ2n) is 4.61. The van der Waals surface area contributed by atoms with Crippen LogP contribution in [0, 0.1) is 12.8 Å². The van der Waals surface area contributed by atoms with Crippen LogP contribution < -0.4 is 0 Å². The Bertz CT molecular complexity index is 338. The quantitative estimate of drug-likeness (QED) is 0.830. The largest absolute Gasteiger partial charge is 0.393 e. The summed E-state index contributed by atoms with van der Waals surface area (Å²) in [6.07, 6.45) is 2.01. The number of piperidine rings is 1. The molecule has 0 amide bonds. The Morgan fingerprint density at radius 1 is 1.62 bits per heavy atom. The van der Waals surface area contributed by atoms with Gasteiger partial charge in [-0.1, -0.05) is 5.16 Å². The van der Waals surface area contributed by atoms with Gasteiger partial charge in [0.2, 0.25) is 5.89 Å². The minimum Gasteiger partial charge on any atom is -0.393 e. The first-order chi connectivity index (χ1) is 7.65. The highest BCUT2D eigenvalue weighted by Gasteiger charge is 2.24. The van der Waals surface area contributed by atoms with Gasteiger partial charge in [0.15, 0.2) is 5.82 Å². The van der Waals surface area contributed by atoms with Gasteiger partial charge in [-0.2, -0.15) is 4.98 Å². The lowest BCUT2D eigenvalue weighted by Crippen LogP contribution is -2.39. The van der Waals surface area contributed by atoms with E-state index < -0.39 is 0 Å². The van der Waals surface area contributed by atoms with Crippen molar-refractivity contribution in [2.75, 3.05) is 13.1 Å². The molecule has 1 N–H and O–H groups in total. The van der Waals surface area contributed by atoms with Crippen LogP contribution in [0.25, 0.3) is 0 Å². The summed E-state index contributed by atoms with van der Waals surface area (Å²) < 4.78 is 4.94. The van der Waals surface area contributed by atoms with E-state index >= 15 is 0 Å². The van der Waals surface area contributed by atoms with Crippen LogP contribution in [0.5, 0.6) is 0 Å². The van der Waals surface area contributed by atoms with Crippen LogP contribution in [-0.2, 0) is 6.54 Å². The summed E-state index contributed by atoms with van der Waals surface area (Å²) in [5.74, 6) is 1.73. The van der Waals surface area contributed by atoms with Gasteiger partial charge in [0, 0.05) is 13.5 Å². The zero-order valence-corrected chi connectivity index (χ0v) is 9.89. The van der Waals surface area contributed by atoms with Crippen molar-refractivity contribution in [3.05, 3.63) is 11.7 Å². The first-order valence-corrected chi connectivity index (χ1v) is 5.85. The zero-order valence-electron chi connectivity index (χ0n) is 9.89. The Hall–Kier alpha value is -0.940. The molecule has 1 fully saturated rings. The molecule has 1 aliphatic heterocycles. The normalized spacial score (nSPS) is 24.6. The van der Waals surface area contributed by atoms with Gasteiger partial charge in [-0.3, -0.25) is 4.90 Å². The lowest BCUT2D eigenvalue weighted by atomic mass is 9.93. The van der Waals surface area contributed by atoms with Crippen LogP contribution in [0.1, 0.15) is 31.5 Å². The lowest BCUT2D eigenvalue weighted by Gasteiger charge is -2.33. The van der Waals surface area contributed by atoms with E-state index in [2.05, 4.69) is 15.0 Å². The molecule has 0 radical (unpaired) electrons. The molecule has 2 rings (SSSR count). The summed E-state index contributed by atoms with van der Waals surface area (Å²) >= 11 is 0. The SMILES string of the molecule is Cc1nc(CN2CCCC(C(C)O)C2)no1. The second kappa shape index (κ2) is 4.93. The number of nitrogens with zero attached hydrogens (tertiary/aromatic N) is 3. The molecule has 0 aliphatic carbocycles. The Balaban J connectivity index is 1.90. The van der Waals surface area contributed by atoms with Crippen LogP contribution in [-0.4, -0.2) is 39.3 Å². The van der Waals surface area contributed by atoms with Crippen molar-refractivity contribution in [2.24, 2.45) is 5.92 Å². The maximum Gasteiger partial charge on any atom is 0.223 e. The standard InChI is InChI=1S/C11H19N3O2/c1-8(15)10-4-3-5-14(6-10)7-11-12-9(2)16-13-11/h8,10,15H,3-7H2,1-2H3. The number of hydrogen-bond acceptors (Lipinski definition) is 5. The van der Waals surface area contributed by atoms with Gasteiger partial charge in [-0.25, -0.2) is 0 Å². The molecule has 16 heavy (non-hydrogen) atoms. The average molecular weight is 225 g/mol. The van der Waals surface area contributed by atoms with E-state index in [1.165, 1.54) is 0 Å². The van der Waals surface area contributed by atoms with Crippen LogP contribution >= 0.6 is 0 Å². The number of hydrogen-bond donors (Lipinski definition) is 1. The molecule has 0 bridgehead atoms. The molecule has 1 aromatic rings. The number of rotatable bonds is 3. The third-order valence-corrected chi connectivity index (χ3v) is 3.16. The molecule has 5 heteroatoms. The Kier molecular flexibility index (Phi) is 3.56. The molecule has 0 saturated carbocycles. The van der Waals surface area contributed by atoms with Crippen molar-refractivity contribution in [1.29, 1.82) is 0 Å². The van der Waals surface area contributed by atoms with Gasteiger partial charge in [0.25, 0.3) is 0 Å². The summed E-state index contributed by atoms with van der Waals surface area (Å²) in [5.41, 5.74) is 0. The molecule has 5 nitrogen and oxygen atoms in total. The summed E-state index contributed by atoms with van der Waals surface area (Å²) in [5, 5.41) is 13.5. The monoisotopic (exact) mass is 225 g/mol. The third kappa shape index (κ3) is 2.80. The van der Waals surface area contributed by atoms with Gasteiger partial charge in [0.1, 0.15) is 0 Å². The first-order valence-electron chi connectivity index (χ1n) is 5.85. The van der Waals surface area contributed by atoms with E-state index in [-0.39, 0.29) is 6.10 Å². The molecule has 1 aliphatic rings. The fourth-order valence-electron chi connectivity index (χ4n) is 2.23. The highest BCUT2D eigenvalue weighted by molar-refractivity contribution is 4.86. The first kappa shape index (κ1) is 11.5. The van der Waals surface area contributed by atoms with E-state index in [1.807, 2.05) is 6.92 Å². The van der Waals surface area contributed by atoms with Crippen molar-refractivity contribution in [3.8, 4) is 0 Å². The summed E-state index contributed by atoms with van der Waals surface area (Å²) in [6, 6.07) is 0. The van der Waals surface area contributed by atoms with Crippen LogP contribution in [0.2, 0.25) is 0 Å². The molecule has 2 heterocycles. The molecule has 1 saturated heterocycles. The number of aliphatic hydroxyl groups is 1. The molecule has 0 aromatic carbocycles. The average Bonchev–Trinajstić information content (AvgIpc) is 2.64. The summed E-state index contributed by atoms with van der Waals surface area (Å²) in [4.78, 5) is 6.48. The molecule has 0 spiro atoms. The second-order valence-corrected chi connectivity index (χ2v) is 4.61. The smallest absolute Gasteiger partial charge is 0.223 e. The topological polar surface area (TPSA) is 62.4 Å². The van der Waals surface area contributed by atoms with Crippen molar-refractivity contribution in [2.45, 2.75) is 39.3 Å². The van der Waals surface area contributed by atoms with Crippen molar-refractivity contribution in [3.63, 3.8) is 0 Å². The van der Waals surface area contributed by atoms with Crippen LogP contribution in [0.4, 0.5) is 0 Å².